The molecule has 2 aromatic rings. The van der Waals surface area contributed by atoms with Crippen LogP contribution < -0.4 is 5.32 Å². The van der Waals surface area contributed by atoms with Gasteiger partial charge in [-0.25, -0.2) is 4.79 Å². The highest BCUT2D eigenvalue weighted by Gasteiger charge is 2.09. The van der Waals surface area contributed by atoms with Gasteiger partial charge in [0.2, 0.25) is 0 Å². The Morgan fingerprint density at radius 3 is 2.71 bits per heavy atom. The molecule has 5 nitrogen and oxygen atoms in total. The first kappa shape index (κ1) is 11.8. The first-order valence-electron chi connectivity index (χ1n) is 5.52. The molecule has 0 saturated heterocycles. The van der Waals surface area contributed by atoms with Crippen LogP contribution in [0.4, 0.5) is 10.5 Å². The second kappa shape index (κ2) is 5.09. The Bertz CT molecular complexity index is 521. The van der Waals surface area contributed by atoms with E-state index in [0.29, 0.717) is 13.1 Å². The van der Waals surface area contributed by atoms with Gasteiger partial charge in [-0.1, -0.05) is 0 Å². The quantitative estimate of drug-likeness (QED) is 0.910. The second-order valence-corrected chi connectivity index (χ2v) is 4.10. The number of aromatic nitrogens is 2. The molecular formula is C11H14N4OS. The summed E-state index contributed by atoms with van der Waals surface area (Å²) in [6.45, 7) is 5.30. The number of carbonyl (C=O) groups is 1. The van der Waals surface area contributed by atoms with Crippen molar-refractivity contribution in [2.45, 2.75) is 13.8 Å². The number of anilines is 1. The third-order valence-electron chi connectivity index (χ3n) is 2.56. The van der Waals surface area contributed by atoms with E-state index in [4.69, 9.17) is 0 Å². The van der Waals surface area contributed by atoms with Gasteiger partial charge in [0.05, 0.1) is 11.7 Å². The lowest BCUT2D eigenvalue weighted by Crippen LogP contribution is -2.34. The maximum absolute atomic E-state index is 11.8. The fourth-order valence-corrected chi connectivity index (χ4v) is 2.09. The summed E-state index contributed by atoms with van der Waals surface area (Å²) in [7, 11) is 0. The van der Waals surface area contributed by atoms with Gasteiger partial charge in [0.25, 0.3) is 0 Å². The predicted molar refractivity (Wildman–Crippen MR) is 69.4 cm³/mol. The number of urea groups is 1. The van der Waals surface area contributed by atoms with E-state index < -0.39 is 0 Å². The van der Waals surface area contributed by atoms with Crippen LogP contribution >= 0.6 is 11.7 Å². The lowest BCUT2D eigenvalue weighted by atomic mass is 10.3. The Hall–Kier alpha value is -1.69. The molecule has 6 heteroatoms. The number of fused-ring (bicyclic) bond motifs is 1. The molecule has 0 aliphatic heterocycles. The molecule has 1 aromatic carbocycles. The van der Waals surface area contributed by atoms with Crippen LogP contribution in [0.15, 0.2) is 18.2 Å². The Morgan fingerprint density at radius 2 is 2.00 bits per heavy atom. The molecule has 1 heterocycles. The third kappa shape index (κ3) is 2.52. The van der Waals surface area contributed by atoms with Gasteiger partial charge in [-0.15, -0.1) is 0 Å². The molecule has 0 radical (unpaired) electrons. The first-order valence-corrected chi connectivity index (χ1v) is 6.26. The van der Waals surface area contributed by atoms with E-state index >= 15 is 0 Å². The molecule has 1 N–H and O–H groups in total. The van der Waals surface area contributed by atoms with Crippen LogP contribution in [-0.4, -0.2) is 32.8 Å². The SMILES string of the molecule is CCN(CC)C(=O)Nc1ccc2nsnc2c1. The van der Waals surface area contributed by atoms with Gasteiger partial charge in [-0.05, 0) is 32.0 Å². The van der Waals surface area contributed by atoms with E-state index in [9.17, 15) is 4.79 Å². The molecule has 17 heavy (non-hydrogen) atoms. The van der Waals surface area contributed by atoms with Crippen molar-refractivity contribution >= 4 is 34.5 Å². The molecule has 1 aromatic heterocycles. The molecular weight excluding hydrogens is 236 g/mol. The summed E-state index contributed by atoms with van der Waals surface area (Å²) >= 11 is 1.17. The van der Waals surface area contributed by atoms with Gasteiger partial charge in [-0.3, -0.25) is 0 Å². The third-order valence-corrected chi connectivity index (χ3v) is 3.11. The van der Waals surface area contributed by atoms with Crippen molar-refractivity contribution in [3.05, 3.63) is 18.2 Å². The lowest BCUT2D eigenvalue weighted by Gasteiger charge is -2.19. The first-order chi connectivity index (χ1) is 8.24. The number of hydrogen-bond donors (Lipinski definition) is 1. The zero-order valence-corrected chi connectivity index (χ0v) is 10.6. The standard InChI is InChI=1S/C11H14N4OS/c1-3-15(4-2)11(16)12-8-5-6-9-10(7-8)14-17-13-9/h5-7H,3-4H2,1-2H3,(H,12,16). The van der Waals surface area contributed by atoms with Crippen molar-refractivity contribution in [2.24, 2.45) is 0 Å². The van der Waals surface area contributed by atoms with Crippen molar-refractivity contribution in [3.63, 3.8) is 0 Å². The minimum absolute atomic E-state index is 0.0856. The zero-order chi connectivity index (χ0) is 12.3. The molecule has 0 atom stereocenters. The number of hydrogen-bond acceptors (Lipinski definition) is 4. The van der Waals surface area contributed by atoms with Gasteiger partial charge >= 0.3 is 6.03 Å². The molecule has 0 aliphatic rings. The Balaban J connectivity index is 2.14. The zero-order valence-electron chi connectivity index (χ0n) is 9.80. The molecule has 0 unspecified atom stereocenters. The molecule has 2 rings (SSSR count). The largest absolute Gasteiger partial charge is 0.325 e. The summed E-state index contributed by atoms with van der Waals surface area (Å²) in [5.41, 5.74) is 2.42. The van der Waals surface area contributed by atoms with Gasteiger partial charge in [0.1, 0.15) is 11.0 Å². The number of rotatable bonds is 3. The van der Waals surface area contributed by atoms with Crippen molar-refractivity contribution < 1.29 is 4.79 Å². The highest BCUT2D eigenvalue weighted by molar-refractivity contribution is 7.00. The minimum Gasteiger partial charge on any atom is -0.325 e. The Morgan fingerprint density at radius 1 is 1.29 bits per heavy atom. The fourth-order valence-electron chi connectivity index (χ4n) is 1.57. The average Bonchev–Trinajstić information content (AvgIpc) is 2.77. The number of carbonyl (C=O) groups excluding carboxylic acids is 1. The molecule has 0 fully saturated rings. The van der Waals surface area contributed by atoms with Crippen LogP contribution in [0.25, 0.3) is 11.0 Å². The van der Waals surface area contributed by atoms with E-state index in [1.165, 1.54) is 11.7 Å². The maximum atomic E-state index is 11.8. The molecule has 0 saturated carbocycles. The van der Waals surface area contributed by atoms with E-state index in [-0.39, 0.29) is 6.03 Å². The van der Waals surface area contributed by atoms with E-state index in [2.05, 4.69) is 14.1 Å². The smallest absolute Gasteiger partial charge is 0.321 e. The Labute approximate surface area is 104 Å². The summed E-state index contributed by atoms with van der Waals surface area (Å²) < 4.78 is 8.25. The summed E-state index contributed by atoms with van der Waals surface area (Å²) in [4.78, 5) is 13.6. The van der Waals surface area contributed by atoms with Crippen LogP contribution in [0, 0.1) is 0 Å². The van der Waals surface area contributed by atoms with Crippen LogP contribution in [0.5, 0.6) is 0 Å². The van der Waals surface area contributed by atoms with Crippen molar-refractivity contribution in [2.75, 3.05) is 18.4 Å². The maximum Gasteiger partial charge on any atom is 0.321 e. The highest BCUT2D eigenvalue weighted by atomic mass is 32.1. The highest BCUT2D eigenvalue weighted by Crippen LogP contribution is 2.17. The average molecular weight is 250 g/mol. The number of nitrogens with zero attached hydrogens (tertiary/aromatic N) is 3. The summed E-state index contributed by atoms with van der Waals surface area (Å²) in [5, 5.41) is 2.85. The molecule has 2 amide bonds. The number of amides is 2. The van der Waals surface area contributed by atoms with Gasteiger partial charge in [0.15, 0.2) is 0 Å². The van der Waals surface area contributed by atoms with E-state index in [1.54, 1.807) is 4.90 Å². The summed E-state index contributed by atoms with van der Waals surface area (Å²) in [5.74, 6) is 0. The fraction of sp³-hybridized carbons (Fsp3) is 0.364. The van der Waals surface area contributed by atoms with Gasteiger partial charge in [0, 0.05) is 18.8 Å². The molecule has 0 aliphatic carbocycles. The predicted octanol–water partition coefficient (Wildman–Crippen LogP) is 2.57. The Kier molecular flexibility index (Phi) is 3.53. The van der Waals surface area contributed by atoms with Crippen LogP contribution in [0.1, 0.15) is 13.8 Å². The number of nitrogens with one attached hydrogen (secondary N) is 1. The molecule has 0 spiro atoms. The summed E-state index contributed by atoms with van der Waals surface area (Å²) in [6, 6.07) is 5.44. The van der Waals surface area contributed by atoms with Crippen molar-refractivity contribution in [1.82, 2.24) is 13.6 Å². The normalized spacial score (nSPS) is 10.5. The minimum atomic E-state index is -0.0856. The van der Waals surface area contributed by atoms with Crippen LogP contribution in [-0.2, 0) is 0 Å². The molecule has 90 valence electrons. The summed E-state index contributed by atoms with van der Waals surface area (Å²) in [6.07, 6.45) is 0. The lowest BCUT2D eigenvalue weighted by molar-refractivity contribution is 0.217. The topological polar surface area (TPSA) is 58.1 Å². The van der Waals surface area contributed by atoms with Crippen molar-refractivity contribution in [3.8, 4) is 0 Å². The van der Waals surface area contributed by atoms with Crippen LogP contribution in [0.2, 0.25) is 0 Å². The van der Waals surface area contributed by atoms with Gasteiger partial charge < -0.3 is 10.2 Å². The van der Waals surface area contributed by atoms with E-state index in [1.807, 2.05) is 32.0 Å². The number of benzene rings is 1. The second-order valence-electron chi connectivity index (χ2n) is 3.57. The van der Waals surface area contributed by atoms with Crippen molar-refractivity contribution in [1.29, 1.82) is 0 Å². The van der Waals surface area contributed by atoms with Crippen LogP contribution in [0.3, 0.4) is 0 Å². The van der Waals surface area contributed by atoms with E-state index in [0.717, 1.165) is 16.7 Å². The molecule has 0 bridgehead atoms. The van der Waals surface area contributed by atoms with Gasteiger partial charge in [-0.2, -0.15) is 8.75 Å². The monoisotopic (exact) mass is 250 g/mol.